The monoisotopic (exact) mass is 494 g/mol. The Morgan fingerprint density at radius 1 is 0.833 bits per heavy atom. The van der Waals surface area contributed by atoms with Crippen LogP contribution in [0.25, 0.3) is 11.0 Å². The van der Waals surface area contributed by atoms with Crippen molar-refractivity contribution in [2.24, 2.45) is 0 Å². The minimum absolute atomic E-state index is 0.0808. The molecule has 0 aliphatic rings. The Bertz CT molecular complexity index is 1110. The largest absolute Gasteiger partial charge is 0.492 e. The van der Waals surface area contributed by atoms with Crippen molar-refractivity contribution >= 4 is 11.0 Å². The highest BCUT2D eigenvalue weighted by molar-refractivity contribution is 5.91. The predicted octanol–water partition coefficient (Wildman–Crippen LogP) is 8.33. The van der Waals surface area contributed by atoms with E-state index < -0.39 is 5.63 Å². The topological polar surface area (TPSA) is 57.9 Å². The quantitative estimate of drug-likeness (QED) is 0.133. The highest BCUT2D eigenvalue weighted by atomic mass is 16.5. The van der Waals surface area contributed by atoms with E-state index >= 15 is 0 Å². The summed E-state index contributed by atoms with van der Waals surface area (Å²) in [5.74, 6) is 1.07. The molecule has 0 saturated carbocycles. The molecule has 0 atom stereocenters. The first kappa shape index (κ1) is 29.0. The molecule has 0 spiro atoms. The summed E-state index contributed by atoms with van der Waals surface area (Å²) in [6.07, 6.45) is 18.0. The van der Waals surface area contributed by atoms with Crippen molar-refractivity contribution in [1.29, 1.82) is 0 Å². The van der Waals surface area contributed by atoms with Gasteiger partial charge in [-0.1, -0.05) is 61.4 Å². The van der Waals surface area contributed by atoms with Crippen molar-refractivity contribution in [3.8, 4) is 17.2 Å². The van der Waals surface area contributed by atoms with Gasteiger partial charge in [0, 0.05) is 0 Å². The van der Waals surface area contributed by atoms with Crippen LogP contribution in [0.3, 0.4) is 0 Å². The molecule has 1 aromatic carbocycles. The molecule has 0 aliphatic carbocycles. The number of hydrogen-bond acceptors (Lipinski definition) is 5. The molecule has 0 aliphatic heterocycles. The van der Waals surface area contributed by atoms with Crippen LogP contribution in [0.2, 0.25) is 0 Å². The van der Waals surface area contributed by atoms with E-state index in [1.165, 1.54) is 11.1 Å². The van der Waals surface area contributed by atoms with Crippen LogP contribution in [-0.4, -0.2) is 19.8 Å². The lowest BCUT2D eigenvalue weighted by molar-refractivity contribution is 0.277. The molecule has 5 heteroatoms. The van der Waals surface area contributed by atoms with E-state index in [4.69, 9.17) is 18.6 Å². The number of ether oxygens (including phenoxy) is 3. The van der Waals surface area contributed by atoms with Crippen molar-refractivity contribution in [2.45, 2.75) is 73.1 Å². The maximum Gasteiger partial charge on any atom is 0.383 e. The van der Waals surface area contributed by atoms with Gasteiger partial charge in [-0.15, -0.1) is 0 Å². The van der Waals surface area contributed by atoms with E-state index in [1.807, 2.05) is 18.2 Å². The fraction of sp³-hybridized carbons (Fsp3) is 0.452. The molecule has 0 fully saturated rings. The molecule has 2 rings (SSSR count). The Kier molecular flexibility index (Phi) is 13.3. The summed E-state index contributed by atoms with van der Waals surface area (Å²) < 4.78 is 23.8. The molecule has 0 amide bonds. The first-order chi connectivity index (χ1) is 17.5. The van der Waals surface area contributed by atoms with Gasteiger partial charge in [0.05, 0.1) is 13.2 Å². The average Bonchev–Trinajstić information content (AvgIpc) is 2.84. The number of rotatable bonds is 16. The summed E-state index contributed by atoms with van der Waals surface area (Å²) >= 11 is 0. The minimum Gasteiger partial charge on any atom is -0.492 e. The van der Waals surface area contributed by atoms with Gasteiger partial charge in [0.15, 0.2) is 5.75 Å². The molecular weight excluding hydrogens is 452 g/mol. The number of fused-ring (bicyclic) bond motifs is 1. The normalized spacial score (nSPS) is 12.0. The fourth-order valence-electron chi connectivity index (χ4n) is 3.55. The third kappa shape index (κ3) is 9.80. The van der Waals surface area contributed by atoms with E-state index in [0.29, 0.717) is 35.7 Å². The van der Waals surface area contributed by atoms with E-state index in [0.717, 1.165) is 38.5 Å². The second-order valence-corrected chi connectivity index (χ2v) is 8.89. The molecule has 5 nitrogen and oxygen atoms in total. The van der Waals surface area contributed by atoms with Crippen LogP contribution in [0.1, 0.15) is 73.1 Å². The molecular formula is C31H42O5. The average molecular weight is 495 g/mol. The number of allylic oxidation sites excluding steroid dienone is 5. The van der Waals surface area contributed by atoms with Gasteiger partial charge in [-0.3, -0.25) is 0 Å². The molecule has 0 unspecified atom stereocenters. The molecule has 0 radical (unpaired) electrons. The van der Waals surface area contributed by atoms with E-state index in [9.17, 15) is 4.79 Å². The molecule has 0 saturated heterocycles. The van der Waals surface area contributed by atoms with Gasteiger partial charge in [-0.2, -0.15) is 0 Å². The molecule has 0 N–H and O–H groups in total. The van der Waals surface area contributed by atoms with Crippen LogP contribution in [0.5, 0.6) is 17.2 Å². The summed E-state index contributed by atoms with van der Waals surface area (Å²) in [5, 5.41) is 0.621. The summed E-state index contributed by atoms with van der Waals surface area (Å²) in [7, 11) is 0. The van der Waals surface area contributed by atoms with Crippen LogP contribution in [-0.2, 0) is 0 Å². The summed E-state index contributed by atoms with van der Waals surface area (Å²) in [5.41, 5.74) is 2.37. The van der Waals surface area contributed by atoms with Crippen LogP contribution in [0, 0.1) is 0 Å². The smallest absolute Gasteiger partial charge is 0.383 e. The number of benzene rings is 1. The zero-order valence-corrected chi connectivity index (χ0v) is 22.6. The maximum absolute atomic E-state index is 12.9. The first-order valence-corrected chi connectivity index (χ1v) is 13.0. The molecule has 0 bridgehead atoms. The summed E-state index contributed by atoms with van der Waals surface area (Å²) in [6.45, 7) is 11.6. The Morgan fingerprint density at radius 2 is 1.53 bits per heavy atom. The minimum atomic E-state index is -0.555. The lowest BCUT2D eigenvalue weighted by Crippen LogP contribution is -2.12. The first-order valence-electron chi connectivity index (χ1n) is 13.0. The summed E-state index contributed by atoms with van der Waals surface area (Å²) in [4.78, 5) is 12.9. The fourth-order valence-corrected chi connectivity index (χ4v) is 3.55. The highest BCUT2D eigenvalue weighted by Crippen LogP contribution is 2.39. The molecule has 196 valence electrons. The van der Waals surface area contributed by atoms with Crippen LogP contribution in [0.15, 0.2) is 75.0 Å². The standard InChI is InChI=1S/C31H42O5/c1-6-8-10-12-21-33-26-18-15-19-27-28(26)29(34-22-13-11-9-7-2)30(31(32)36-27)35-23-20-25(5)17-14-16-24(3)4/h8-11,15-16,18-20H,6-7,12-14,17,21-23H2,1-5H3/b10-8?,11-9?,25-20+. The van der Waals surface area contributed by atoms with Crippen LogP contribution >= 0.6 is 0 Å². The third-order valence-corrected chi connectivity index (χ3v) is 5.44. The Morgan fingerprint density at radius 3 is 2.19 bits per heavy atom. The van der Waals surface area contributed by atoms with Gasteiger partial charge in [0.25, 0.3) is 0 Å². The van der Waals surface area contributed by atoms with E-state index in [-0.39, 0.29) is 12.4 Å². The zero-order chi connectivity index (χ0) is 26.2. The zero-order valence-electron chi connectivity index (χ0n) is 22.6. The van der Waals surface area contributed by atoms with Crippen LogP contribution in [0.4, 0.5) is 0 Å². The van der Waals surface area contributed by atoms with Crippen molar-refractivity contribution in [1.82, 2.24) is 0 Å². The molecule has 1 aromatic heterocycles. The Balaban J connectivity index is 2.34. The Hall–Kier alpha value is -3.21. The predicted molar refractivity (Wildman–Crippen MR) is 149 cm³/mol. The highest BCUT2D eigenvalue weighted by Gasteiger charge is 2.21. The lowest BCUT2D eigenvalue weighted by atomic mass is 10.1. The van der Waals surface area contributed by atoms with Gasteiger partial charge >= 0.3 is 5.63 Å². The van der Waals surface area contributed by atoms with E-state index in [1.54, 1.807) is 6.07 Å². The number of hydrogen-bond donors (Lipinski definition) is 0. The van der Waals surface area contributed by atoms with Gasteiger partial charge in [0.1, 0.15) is 23.3 Å². The second kappa shape index (κ2) is 16.5. The summed E-state index contributed by atoms with van der Waals surface area (Å²) in [6, 6.07) is 5.43. The van der Waals surface area contributed by atoms with Crippen molar-refractivity contribution in [2.75, 3.05) is 19.8 Å². The van der Waals surface area contributed by atoms with Gasteiger partial charge < -0.3 is 18.6 Å². The SMILES string of the molecule is CCC=CCCOc1cccc2oc(=O)c(OC/C=C(\C)CCC=C(C)C)c(OCCC=CCC)c12. The molecule has 36 heavy (non-hydrogen) atoms. The lowest BCUT2D eigenvalue weighted by Gasteiger charge is -2.15. The second-order valence-electron chi connectivity index (χ2n) is 8.89. The van der Waals surface area contributed by atoms with Crippen molar-refractivity contribution in [3.05, 3.63) is 76.2 Å². The van der Waals surface area contributed by atoms with Gasteiger partial charge in [-0.05, 0) is 77.5 Å². The molecule has 2 aromatic rings. The van der Waals surface area contributed by atoms with E-state index in [2.05, 4.69) is 65.0 Å². The maximum atomic E-state index is 12.9. The van der Waals surface area contributed by atoms with Gasteiger partial charge in [-0.25, -0.2) is 4.79 Å². The van der Waals surface area contributed by atoms with Crippen molar-refractivity contribution < 1.29 is 18.6 Å². The third-order valence-electron chi connectivity index (χ3n) is 5.44. The Labute approximate surface area is 216 Å². The molecule has 1 heterocycles. The van der Waals surface area contributed by atoms with Gasteiger partial charge in [0.2, 0.25) is 5.75 Å². The van der Waals surface area contributed by atoms with Crippen LogP contribution < -0.4 is 19.8 Å². The van der Waals surface area contributed by atoms with Crippen molar-refractivity contribution in [3.63, 3.8) is 0 Å².